The highest BCUT2D eigenvalue weighted by Crippen LogP contribution is 2.65. The summed E-state index contributed by atoms with van der Waals surface area (Å²) in [5.74, 6) is 0. The molecule has 4 atom stereocenters. The molecule has 152 valence electrons. The number of aliphatic hydroxyl groups is 1. The molecule has 3 aromatic rings. The van der Waals surface area contributed by atoms with E-state index in [1.807, 2.05) is 0 Å². The molecular weight excluding hydrogens is 384 g/mol. The van der Waals surface area contributed by atoms with Crippen molar-refractivity contribution in [2.45, 2.75) is 37.4 Å². The zero-order valence-electron chi connectivity index (χ0n) is 17.6. The lowest BCUT2D eigenvalue weighted by molar-refractivity contribution is -0.880. The average molecular weight is 414 g/mol. The van der Waals surface area contributed by atoms with Crippen molar-refractivity contribution in [1.29, 1.82) is 0 Å². The molecule has 0 aromatic heterocycles. The molecule has 1 unspecified atom stereocenters. The summed E-state index contributed by atoms with van der Waals surface area (Å²) in [6.07, 6.45) is 2.35. The minimum atomic E-state index is -1.88. The van der Waals surface area contributed by atoms with Gasteiger partial charge in [0.15, 0.2) is 0 Å². The van der Waals surface area contributed by atoms with E-state index in [1.165, 1.54) is 28.9 Å². The Bertz CT molecular complexity index is 887. The van der Waals surface area contributed by atoms with Crippen LogP contribution in [0.3, 0.4) is 0 Å². The predicted molar refractivity (Wildman–Crippen MR) is 129 cm³/mol. The molecule has 2 radical (unpaired) electrons. The molecule has 2 heterocycles. The Morgan fingerprint density at radius 2 is 1.30 bits per heavy atom. The molecule has 3 aromatic carbocycles. The predicted octanol–water partition coefficient (Wildman–Crippen LogP) is 3.30. The van der Waals surface area contributed by atoms with Crippen LogP contribution in [0.1, 0.15) is 19.8 Å². The third-order valence-corrected chi connectivity index (χ3v) is 12.4. The third kappa shape index (κ3) is 2.83. The fraction of sp³-hybridized carbons (Fsp3) is 0.308. The second-order valence-corrected chi connectivity index (χ2v) is 12.4. The van der Waals surface area contributed by atoms with E-state index >= 15 is 0 Å². The first kappa shape index (κ1) is 20.0. The molecule has 4 heteroatoms. The van der Waals surface area contributed by atoms with Gasteiger partial charge in [-0.25, -0.2) is 0 Å². The lowest BCUT2D eigenvalue weighted by atomic mass is 9.64. The highest BCUT2D eigenvalue weighted by Gasteiger charge is 2.61. The first-order valence-corrected chi connectivity index (χ1v) is 13.0. The highest BCUT2D eigenvalue weighted by molar-refractivity contribution is 7.97. The Balaban J connectivity index is 1.72. The Morgan fingerprint density at radius 1 is 0.833 bits per heavy atom. The first-order chi connectivity index (χ1) is 14.7. The molecule has 2 saturated heterocycles. The molecule has 0 bridgehead atoms. The third-order valence-electron chi connectivity index (χ3n) is 7.59. The molecule has 5 rings (SSSR count). The molecule has 0 aliphatic carbocycles. The molecule has 30 heavy (non-hydrogen) atoms. The fourth-order valence-corrected chi connectivity index (χ4v) is 11.3. The van der Waals surface area contributed by atoms with Crippen LogP contribution in [-0.2, 0) is 0 Å². The van der Waals surface area contributed by atoms with Gasteiger partial charge in [0.05, 0.1) is 27.3 Å². The summed E-state index contributed by atoms with van der Waals surface area (Å²) >= 11 is 0. The van der Waals surface area contributed by atoms with Crippen LogP contribution in [0.4, 0.5) is 0 Å². The van der Waals surface area contributed by atoms with Crippen LogP contribution in [0.5, 0.6) is 0 Å². The van der Waals surface area contributed by atoms with Crippen LogP contribution in [0, 0.1) is 0 Å². The summed E-state index contributed by atoms with van der Waals surface area (Å²) in [5.41, 5.74) is 0.469. The Hall–Kier alpha value is -1.93. The number of hydrogen-bond acceptors (Lipinski definition) is 1. The summed E-state index contributed by atoms with van der Waals surface area (Å²) in [7, 11) is 0.742. The second kappa shape index (κ2) is 7.96. The maximum atomic E-state index is 10.1. The molecule has 0 saturated carbocycles. The molecule has 2 aliphatic heterocycles. The van der Waals surface area contributed by atoms with Crippen LogP contribution in [0.25, 0.3) is 0 Å². The zero-order chi connectivity index (χ0) is 20.6. The van der Waals surface area contributed by atoms with E-state index in [9.17, 15) is 5.11 Å². The van der Waals surface area contributed by atoms with Crippen molar-refractivity contribution < 1.29 is 9.50 Å². The summed E-state index contributed by atoms with van der Waals surface area (Å²) in [5, 5.41) is 14.5. The van der Waals surface area contributed by atoms with Gasteiger partial charge in [0, 0.05) is 24.6 Å². The van der Waals surface area contributed by atoms with E-state index < -0.39 is 7.26 Å². The Morgan fingerprint density at radius 3 is 1.70 bits per heavy atom. The van der Waals surface area contributed by atoms with Gasteiger partial charge in [0.1, 0.15) is 15.9 Å². The minimum Gasteiger partial charge on any atom is -0.550 e. The number of nitrogens with zero attached hydrogens (tertiary/aromatic N) is 1. The van der Waals surface area contributed by atoms with Crippen molar-refractivity contribution in [3.63, 3.8) is 0 Å². The quantitative estimate of drug-likeness (QED) is 0.502. The van der Waals surface area contributed by atoms with E-state index in [4.69, 9.17) is 0 Å². The van der Waals surface area contributed by atoms with Gasteiger partial charge in [0.25, 0.3) is 0 Å². The summed E-state index contributed by atoms with van der Waals surface area (Å²) in [6, 6.07) is 34.4. The standard InChI is InChI=1S/C26H30BNOP/c1-21-26(27-28(21)19-11-12-22(28)20-29)30(23-13-5-2-6-14-23,24-15-7-3-8-16-24)25-17-9-4-10-18-25/h2-10,13-18,21-22,26,29H,11-12,19-20H2,1H3/q+1/t21-,22+,26-,28?/m1/s1. The maximum absolute atomic E-state index is 10.1. The molecule has 2 aliphatic rings. The maximum Gasteiger partial charge on any atom is 0.101 e. The molecule has 1 N–H and O–H groups in total. The second-order valence-electron chi connectivity index (χ2n) is 8.81. The van der Waals surface area contributed by atoms with Gasteiger partial charge < -0.3 is 9.50 Å². The van der Waals surface area contributed by atoms with Crippen LogP contribution in [-0.4, -0.2) is 47.7 Å². The average Bonchev–Trinajstić information content (AvgIpc) is 3.27. The van der Waals surface area contributed by atoms with Crippen molar-refractivity contribution >= 4 is 30.6 Å². The lowest BCUT2D eigenvalue weighted by Gasteiger charge is -2.71. The number of hydrogen-bond donors (Lipinski definition) is 1. The largest absolute Gasteiger partial charge is 0.550 e. The fourth-order valence-electron chi connectivity index (χ4n) is 6.10. The van der Waals surface area contributed by atoms with Gasteiger partial charge in [-0.1, -0.05) is 54.6 Å². The monoisotopic (exact) mass is 414 g/mol. The number of aliphatic hydroxyl groups excluding tert-OH is 1. The lowest BCUT2D eigenvalue weighted by Crippen LogP contribution is -2.79. The van der Waals surface area contributed by atoms with Crippen molar-refractivity contribution in [3.8, 4) is 0 Å². The van der Waals surface area contributed by atoms with Gasteiger partial charge >= 0.3 is 0 Å². The van der Waals surface area contributed by atoms with Crippen LogP contribution in [0.15, 0.2) is 91.0 Å². The summed E-state index contributed by atoms with van der Waals surface area (Å²) in [6.45, 7) is 3.89. The number of rotatable bonds is 5. The van der Waals surface area contributed by atoms with Gasteiger partial charge in [-0.2, -0.15) is 0 Å². The van der Waals surface area contributed by atoms with E-state index in [0.29, 0.717) is 24.2 Å². The molecule has 2 nitrogen and oxygen atoms in total. The van der Waals surface area contributed by atoms with Crippen molar-refractivity contribution in [1.82, 2.24) is 0 Å². The molecule has 1 spiro atoms. The van der Waals surface area contributed by atoms with Gasteiger partial charge in [-0.3, -0.25) is 0 Å². The van der Waals surface area contributed by atoms with E-state index in [0.717, 1.165) is 10.8 Å². The number of quaternary nitrogens is 1. The van der Waals surface area contributed by atoms with Crippen molar-refractivity contribution in [3.05, 3.63) is 91.0 Å². The van der Waals surface area contributed by atoms with E-state index in [1.54, 1.807) is 0 Å². The van der Waals surface area contributed by atoms with Crippen LogP contribution in [0.2, 0.25) is 0 Å². The Kier molecular flexibility index (Phi) is 5.31. The SMILES string of the molecule is C[C@@H]1[C@@H]([P+](c2ccccc2)(c2ccccc2)c2ccccc2)[B-][N+]12CCC[C@H]2CO. The normalized spacial score (nSPS) is 28.4. The van der Waals surface area contributed by atoms with Crippen molar-refractivity contribution in [2.75, 3.05) is 13.2 Å². The van der Waals surface area contributed by atoms with Crippen LogP contribution >= 0.6 is 7.26 Å². The van der Waals surface area contributed by atoms with Crippen molar-refractivity contribution in [2.24, 2.45) is 0 Å². The van der Waals surface area contributed by atoms with Crippen LogP contribution < -0.4 is 15.9 Å². The molecule has 0 amide bonds. The minimum absolute atomic E-state index is 0.293. The summed E-state index contributed by atoms with van der Waals surface area (Å²) < 4.78 is 0.995. The topological polar surface area (TPSA) is 20.2 Å². The van der Waals surface area contributed by atoms with E-state index in [2.05, 4.69) is 105 Å². The highest BCUT2D eigenvalue weighted by atomic mass is 31.2. The van der Waals surface area contributed by atoms with Gasteiger partial charge in [-0.15, -0.1) is 0 Å². The Labute approximate surface area is 181 Å². The van der Waals surface area contributed by atoms with Gasteiger partial charge in [0.2, 0.25) is 0 Å². The smallest absolute Gasteiger partial charge is 0.101 e. The summed E-state index contributed by atoms with van der Waals surface area (Å²) in [4.78, 5) is 0. The van der Waals surface area contributed by atoms with E-state index in [-0.39, 0.29) is 0 Å². The first-order valence-electron chi connectivity index (χ1n) is 11.1. The van der Waals surface area contributed by atoms with Gasteiger partial charge in [-0.05, 0) is 49.7 Å². The number of benzene rings is 3. The molecular formula is C26H30BNOP+. The zero-order valence-corrected chi connectivity index (χ0v) is 18.5. The molecule has 2 fully saturated rings.